The summed E-state index contributed by atoms with van der Waals surface area (Å²) in [5, 5.41) is 3.65. The van der Waals surface area contributed by atoms with Crippen LogP contribution in [0, 0.1) is 0 Å². The Morgan fingerprint density at radius 2 is 0.593 bits per heavy atom. The second-order valence-corrected chi connectivity index (χ2v) is 17.5. The average molecular weight is 885 g/mol. The molecule has 14 heteroatoms. The topological polar surface area (TPSA) is 142 Å². The molecule has 0 spiro atoms. The van der Waals surface area contributed by atoms with E-state index in [1.54, 1.807) is 107 Å². The number of fused-ring (bicyclic) bond motifs is 2. The zero-order valence-electron chi connectivity index (χ0n) is 33.2. The van der Waals surface area contributed by atoms with Crippen molar-refractivity contribution in [2.45, 2.75) is 116 Å². The van der Waals surface area contributed by atoms with Gasteiger partial charge >= 0.3 is 23.9 Å². The molecule has 3 rings (SSSR count). The second kappa shape index (κ2) is 17.8. The van der Waals surface area contributed by atoms with Gasteiger partial charge in [-0.25, -0.2) is 19.2 Å². The first-order valence-corrected chi connectivity index (χ1v) is 19.6. The summed E-state index contributed by atoms with van der Waals surface area (Å²) in [6.45, 7) is 19.4. The molecular formula is C40H52Br2O12. The van der Waals surface area contributed by atoms with Crippen molar-refractivity contribution in [2.75, 3.05) is 26.4 Å². The molecule has 0 aliphatic carbocycles. The highest BCUT2D eigenvalue weighted by Gasteiger charge is 2.25. The highest BCUT2D eigenvalue weighted by atomic mass is 79.9. The van der Waals surface area contributed by atoms with Crippen molar-refractivity contribution in [1.29, 1.82) is 0 Å². The number of halogens is 2. The molecule has 0 amide bonds. The van der Waals surface area contributed by atoms with Crippen molar-refractivity contribution in [2.24, 2.45) is 0 Å². The summed E-state index contributed by atoms with van der Waals surface area (Å²) >= 11 is 7.30. The van der Waals surface area contributed by atoms with E-state index >= 15 is 0 Å². The molecule has 0 fully saturated rings. The lowest BCUT2D eigenvalue weighted by atomic mass is 9.92. The zero-order chi connectivity index (χ0) is 40.8. The Labute approximate surface area is 334 Å². The molecule has 3 aromatic rings. The summed E-state index contributed by atoms with van der Waals surface area (Å²) in [5.41, 5.74) is -1.33. The first-order chi connectivity index (χ1) is 24.8. The molecule has 0 aliphatic rings. The van der Waals surface area contributed by atoms with Gasteiger partial charge in [0.15, 0.2) is 49.4 Å². The normalized spacial score (nSPS) is 12.3. The summed E-state index contributed by atoms with van der Waals surface area (Å²) in [6, 6.07) is 6.95. The van der Waals surface area contributed by atoms with Gasteiger partial charge in [0.25, 0.3) is 0 Å². The number of benzene rings is 3. The van der Waals surface area contributed by atoms with Gasteiger partial charge in [0, 0.05) is 10.7 Å². The molecule has 0 radical (unpaired) electrons. The molecule has 0 unspecified atom stereocenters. The van der Waals surface area contributed by atoms with Gasteiger partial charge in [-0.05, 0) is 140 Å². The van der Waals surface area contributed by atoms with Gasteiger partial charge in [-0.15, -0.1) is 0 Å². The number of hydrogen-bond donors (Lipinski definition) is 0. The molecule has 0 N–H and O–H groups in total. The highest BCUT2D eigenvalue weighted by molar-refractivity contribution is 9.08. The van der Waals surface area contributed by atoms with E-state index in [1.165, 1.54) is 0 Å². The number of hydrogen-bond acceptors (Lipinski definition) is 12. The minimum absolute atomic E-state index is 0.192. The van der Waals surface area contributed by atoms with Crippen LogP contribution in [0.2, 0.25) is 0 Å². The van der Waals surface area contributed by atoms with Crippen LogP contribution in [-0.4, -0.2) is 72.7 Å². The largest absolute Gasteiger partial charge is 0.478 e. The van der Waals surface area contributed by atoms with Crippen LogP contribution in [-0.2, 0) is 48.8 Å². The molecule has 54 heavy (non-hydrogen) atoms. The summed E-state index contributed by atoms with van der Waals surface area (Å²) in [5.74, 6) is -1.59. The first kappa shape index (κ1) is 44.6. The number of ether oxygens (including phenoxy) is 8. The maximum absolute atomic E-state index is 12.7. The first-order valence-electron chi connectivity index (χ1n) is 17.4. The van der Waals surface area contributed by atoms with Crippen LogP contribution in [0.5, 0.6) is 23.0 Å². The SMILES string of the molecule is CC(C)(C)OC(=O)COc1cc2c(CBr)c3cc(OCC(=O)OC(C)(C)C)c(OCC(=O)OC(C)(C)C)cc3c(CBr)c2cc1OCC(=O)OC(C)(C)C. The molecule has 0 aliphatic heterocycles. The van der Waals surface area contributed by atoms with Gasteiger partial charge in [-0.3, -0.25) is 0 Å². The predicted molar refractivity (Wildman–Crippen MR) is 212 cm³/mol. The number of esters is 4. The van der Waals surface area contributed by atoms with Crippen LogP contribution in [0.15, 0.2) is 24.3 Å². The molecular weight excluding hydrogens is 832 g/mol. The molecule has 0 aromatic heterocycles. The third kappa shape index (κ3) is 13.8. The molecule has 0 bridgehead atoms. The minimum Gasteiger partial charge on any atom is -0.478 e. The molecule has 0 heterocycles. The van der Waals surface area contributed by atoms with Crippen molar-refractivity contribution in [3.63, 3.8) is 0 Å². The van der Waals surface area contributed by atoms with E-state index in [2.05, 4.69) is 31.9 Å². The van der Waals surface area contributed by atoms with E-state index in [-0.39, 0.29) is 23.0 Å². The summed E-state index contributed by atoms with van der Waals surface area (Å²) in [6.07, 6.45) is 0. The van der Waals surface area contributed by atoms with Crippen molar-refractivity contribution < 1.29 is 57.1 Å². The Kier molecular flexibility index (Phi) is 14.7. The van der Waals surface area contributed by atoms with Gasteiger partial charge in [0.05, 0.1) is 0 Å². The van der Waals surface area contributed by atoms with E-state index in [0.29, 0.717) is 10.7 Å². The fourth-order valence-electron chi connectivity index (χ4n) is 5.18. The third-order valence-corrected chi connectivity index (χ3v) is 7.92. The Morgan fingerprint density at radius 3 is 0.741 bits per heavy atom. The van der Waals surface area contributed by atoms with E-state index < -0.39 is 72.7 Å². The molecule has 3 aromatic carbocycles. The Bertz CT molecular complexity index is 1600. The van der Waals surface area contributed by atoms with Crippen LogP contribution < -0.4 is 18.9 Å². The highest BCUT2D eigenvalue weighted by Crippen LogP contribution is 2.44. The summed E-state index contributed by atoms with van der Waals surface area (Å²) in [4.78, 5) is 50.7. The molecule has 0 saturated heterocycles. The summed E-state index contributed by atoms with van der Waals surface area (Å²) < 4.78 is 45.7. The second-order valence-electron chi connectivity index (χ2n) is 16.4. The van der Waals surface area contributed by atoms with Crippen LogP contribution in [0.1, 0.15) is 94.2 Å². The fourth-order valence-corrected chi connectivity index (χ4v) is 6.39. The van der Waals surface area contributed by atoms with Crippen LogP contribution in [0.4, 0.5) is 0 Å². The van der Waals surface area contributed by atoms with Gasteiger partial charge in [0.1, 0.15) is 22.4 Å². The monoisotopic (exact) mass is 882 g/mol. The number of alkyl halides is 2. The van der Waals surface area contributed by atoms with Gasteiger partial charge in [0.2, 0.25) is 0 Å². The predicted octanol–water partition coefficient (Wildman–Crippen LogP) is 8.66. The van der Waals surface area contributed by atoms with Crippen molar-refractivity contribution in [1.82, 2.24) is 0 Å². The zero-order valence-corrected chi connectivity index (χ0v) is 36.4. The van der Waals surface area contributed by atoms with E-state index in [1.807, 2.05) is 0 Å². The van der Waals surface area contributed by atoms with Crippen LogP contribution in [0.25, 0.3) is 21.5 Å². The molecule has 298 valence electrons. The lowest BCUT2D eigenvalue weighted by Crippen LogP contribution is -2.28. The van der Waals surface area contributed by atoms with Crippen molar-refractivity contribution in [3.05, 3.63) is 35.4 Å². The van der Waals surface area contributed by atoms with E-state index in [4.69, 9.17) is 37.9 Å². The number of rotatable bonds is 14. The summed E-state index contributed by atoms with van der Waals surface area (Å²) in [7, 11) is 0. The van der Waals surface area contributed by atoms with Gasteiger partial charge < -0.3 is 37.9 Å². The fraction of sp³-hybridized carbons (Fsp3) is 0.550. The van der Waals surface area contributed by atoms with Gasteiger partial charge in [-0.1, -0.05) is 31.9 Å². The van der Waals surface area contributed by atoms with Gasteiger partial charge in [-0.2, -0.15) is 0 Å². The van der Waals surface area contributed by atoms with Crippen LogP contribution >= 0.6 is 31.9 Å². The third-order valence-electron chi connectivity index (χ3n) is 6.80. The van der Waals surface area contributed by atoms with Crippen molar-refractivity contribution in [3.8, 4) is 23.0 Å². The Balaban J connectivity index is 2.25. The Morgan fingerprint density at radius 1 is 0.407 bits per heavy atom. The average Bonchev–Trinajstić information content (AvgIpc) is 2.99. The smallest absolute Gasteiger partial charge is 0.344 e. The Hall–Kier alpha value is -3.78. The minimum atomic E-state index is -0.731. The maximum atomic E-state index is 12.7. The molecule has 0 atom stereocenters. The van der Waals surface area contributed by atoms with Crippen LogP contribution in [0.3, 0.4) is 0 Å². The maximum Gasteiger partial charge on any atom is 0.344 e. The molecule has 0 saturated carbocycles. The standard InChI is InChI=1S/C40H52Br2O12/c1-37(2,3)51-33(43)19-47-29-13-23-24(14-30(29)48-20-34(44)52-38(4,5)6)28(18-42)26-16-32(50-22-36(46)54-40(10,11)12)31(15-25(26)27(23)17-41)49-21-35(45)53-39(7,8)9/h13-16H,17-22H2,1-12H3. The number of carbonyl (C=O) groups excluding carboxylic acids is 4. The molecule has 12 nitrogen and oxygen atoms in total. The van der Waals surface area contributed by atoms with E-state index in [9.17, 15) is 19.2 Å². The quantitative estimate of drug-likeness (QED) is 0.0662. The number of carbonyl (C=O) groups is 4. The van der Waals surface area contributed by atoms with Crippen molar-refractivity contribution >= 4 is 77.3 Å². The lowest BCUT2D eigenvalue weighted by Gasteiger charge is -2.23. The lowest BCUT2D eigenvalue weighted by molar-refractivity contribution is -0.158. The van der Waals surface area contributed by atoms with E-state index in [0.717, 1.165) is 32.7 Å².